The standard InChI is InChI=1S/C31H36BrN8O/c1-5-38(6-2)27-16-17-28(29(41)22-27)34-36-31-18-11-24(32)23-40(31)21-9-20-39-19-8-7-10-30(39)35-33-25-12-14-26(15-13-25)37(3)4/h7-8,10-19,22-23H,5-6,9,20-21H2,1-4H3/q+1/p+1. The predicted octanol–water partition coefficient (Wildman–Crippen LogP) is 7.56. The summed E-state index contributed by atoms with van der Waals surface area (Å²) in [6.45, 7) is 7.38. The molecule has 0 aliphatic rings. The molecule has 41 heavy (non-hydrogen) atoms. The Morgan fingerprint density at radius 1 is 0.756 bits per heavy atom. The Morgan fingerprint density at radius 3 is 2.15 bits per heavy atom. The van der Waals surface area contributed by atoms with Crippen molar-refractivity contribution in [3.8, 4) is 5.75 Å². The molecule has 10 heteroatoms. The van der Waals surface area contributed by atoms with E-state index in [-0.39, 0.29) is 5.75 Å². The Hall–Kier alpha value is -4.18. The maximum atomic E-state index is 10.6. The van der Waals surface area contributed by atoms with Crippen LogP contribution in [0.5, 0.6) is 5.75 Å². The fourth-order valence-electron chi connectivity index (χ4n) is 4.35. The lowest BCUT2D eigenvalue weighted by Crippen LogP contribution is -2.39. The molecule has 9 nitrogen and oxygen atoms in total. The van der Waals surface area contributed by atoms with E-state index >= 15 is 0 Å². The van der Waals surface area contributed by atoms with Crippen molar-refractivity contribution in [3.05, 3.63) is 89.7 Å². The van der Waals surface area contributed by atoms with Crippen LogP contribution in [0.15, 0.2) is 110 Å². The fourth-order valence-corrected chi connectivity index (χ4v) is 4.73. The van der Waals surface area contributed by atoms with Crippen LogP contribution < -0.4 is 18.9 Å². The Balaban J connectivity index is 1.44. The van der Waals surface area contributed by atoms with E-state index in [1.165, 1.54) is 0 Å². The van der Waals surface area contributed by atoms with Crippen molar-refractivity contribution in [1.82, 2.24) is 0 Å². The van der Waals surface area contributed by atoms with Crippen molar-refractivity contribution in [3.63, 3.8) is 0 Å². The third-order valence-corrected chi connectivity index (χ3v) is 7.13. The van der Waals surface area contributed by atoms with E-state index in [1.54, 1.807) is 12.1 Å². The van der Waals surface area contributed by atoms with Gasteiger partial charge < -0.3 is 14.9 Å². The van der Waals surface area contributed by atoms with E-state index in [2.05, 4.69) is 64.6 Å². The van der Waals surface area contributed by atoms with Crippen molar-refractivity contribution >= 4 is 50.3 Å². The van der Waals surface area contributed by atoms with Crippen LogP contribution in [0.25, 0.3) is 0 Å². The first-order chi connectivity index (χ1) is 19.9. The van der Waals surface area contributed by atoms with E-state index in [0.29, 0.717) is 18.1 Å². The van der Waals surface area contributed by atoms with Crippen LogP contribution in [0.4, 0.5) is 34.4 Å². The number of phenols is 1. The Morgan fingerprint density at radius 2 is 1.44 bits per heavy atom. The number of pyridine rings is 2. The molecule has 0 saturated heterocycles. The second-order valence-electron chi connectivity index (χ2n) is 9.66. The molecule has 0 aliphatic heterocycles. The number of anilines is 2. The van der Waals surface area contributed by atoms with Crippen molar-refractivity contribution in [1.29, 1.82) is 0 Å². The van der Waals surface area contributed by atoms with E-state index < -0.39 is 0 Å². The molecule has 0 atom stereocenters. The van der Waals surface area contributed by atoms with Gasteiger partial charge in [-0.15, -0.1) is 0 Å². The molecule has 4 aromatic rings. The predicted molar refractivity (Wildman–Crippen MR) is 166 cm³/mol. The maximum Gasteiger partial charge on any atom is 0.350 e. The zero-order chi connectivity index (χ0) is 29.2. The van der Waals surface area contributed by atoms with Crippen LogP contribution in [0.3, 0.4) is 0 Å². The summed E-state index contributed by atoms with van der Waals surface area (Å²) in [5, 5.41) is 28.3. The van der Waals surface area contributed by atoms with Gasteiger partial charge in [-0.05, 0) is 88.5 Å². The lowest BCUT2D eigenvalue weighted by molar-refractivity contribution is -0.715. The largest absolute Gasteiger partial charge is 0.505 e. The summed E-state index contributed by atoms with van der Waals surface area (Å²) in [6, 6.07) is 23.2. The molecule has 0 spiro atoms. The Kier molecular flexibility index (Phi) is 10.5. The molecule has 0 radical (unpaired) electrons. The van der Waals surface area contributed by atoms with Crippen molar-refractivity contribution in [2.75, 3.05) is 37.0 Å². The Bertz CT molecular complexity index is 1500. The summed E-state index contributed by atoms with van der Waals surface area (Å²) in [5.74, 6) is 1.59. The number of hydrogen-bond acceptors (Lipinski definition) is 7. The smallest absolute Gasteiger partial charge is 0.350 e. The number of rotatable bonds is 12. The van der Waals surface area contributed by atoms with Gasteiger partial charge in [-0.2, -0.15) is 0 Å². The average Bonchev–Trinajstić information content (AvgIpc) is 2.98. The summed E-state index contributed by atoms with van der Waals surface area (Å²) in [7, 11) is 4.02. The van der Waals surface area contributed by atoms with Crippen LogP contribution in [-0.4, -0.2) is 32.3 Å². The normalized spacial score (nSPS) is 11.4. The second-order valence-corrected chi connectivity index (χ2v) is 10.6. The molecule has 4 rings (SSSR count). The summed E-state index contributed by atoms with van der Waals surface area (Å²) >= 11 is 3.57. The van der Waals surface area contributed by atoms with E-state index in [1.807, 2.05) is 91.7 Å². The third-order valence-electron chi connectivity index (χ3n) is 6.66. The highest BCUT2D eigenvalue weighted by atomic mass is 79.9. The second kappa shape index (κ2) is 14.5. The van der Waals surface area contributed by atoms with Crippen LogP contribution in [0.1, 0.15) is 20.3 Å². The van der Waals surface area contributed by atoms with Crippen molar-refractivity contribution < 1.29 is 14.2 Å². The number of benzene rings is 2. The number of phenolic OH excluding ortho intramolecular Hbond substituents is 1. The first-order valence-electron chi connectivity index (χ1n) is 13.7. The average molecular weight is 618 g/mol. The molecule has 0 fully saturated rings. The first kappa shape index (κ1) is 29.8. The number of aryl methyl sites for hydroxylation is 2. The van der Waals surface area contributed by atoms with E-state index in [0.717, 1.165) is 53.4 Å². The summed E-state index contributed by atoms with van der Waals surface area (Å²) in [5.41, 5.74) is 3.32. The number of aromatic hydroxyl groups is 1. The van der Waals surface area contributed by atoms with Crippen LogP contribution in [-0.2, 0) is 13.1 Å². The van der Waals surface area contributed by atoms with Gasteiger partial charge in [0.2, 0.25) is 0 Å². The number of nitrogens with zero attached hydrogens (tertiary/aromatic N) is 8. The number of aromatic nitrogens is 2. The minimum atomic E-state index is 0.109. The van der Waals surface area contributed by atoms with Gasteiger partial charge in [0.25, 0.3) is 0 Å². The third kappa shape index (κ3) is 8.17. The molecule has 212 valence electrons. The monoisotopic (exact) mass is 616 g/mol. The van der Waals surface area contributed by atoms with Gasteiger partial charge in [0.05, 0.1) is 34.0 Å². The first-order valence-corrected chi connectivity index (χ1v) is 14.5. The van der Waals surface area contributed by atoms with Crippen molar-refractivity contribution in [2.45, 2.75) is 33.4 Å². The molecule has 2 aromatic carbocycles. The Labute approximate surface area is 250 Å². The summed E-state index contributed by atoms with van der Waals surface area (Å²) < 4.78 is 5.09. The van der Waals surface area contributed by atoms with Gasteiger partial charge in [0.1, 0.15) is 17.6 Å². The topological polar surface area (TPSA) is 83.9 Å². The van der Waals surface area contributed by atoms with Crippen LogP contribution >= 0.6 is 15.9 Å². The lowest BCUT2D eigenvalue weighted by atomic mass is 10.2. The van der Waals surface area contributed by atoms with E-state index in [4.69, 9.17) is 0 Å². The molecule has 0 amide bonds. The minimum Gasteiger partial charge on any atom is -0.505 e. The highest BCUT2D eigenvalue weighted by Crippen LogP contribution is 2.32. The molecule has 2 heterocycles. The maximum absolute atomic E-state index is 10.6. The van der Waals surface area contributed by atoms with Crippen LogP contribution in [0.2, 0.25) is 0 Å². The number of hydrogen-bond donors (Lipinski definition) is 1. The number of azo groups is 2. The van der Waals surface area contributed by atoms with Crippen LogP contribution in [0, 0.1) is 0 Å². The molecule has 0 bridgehead atoms. The quantitative estimate of drug-likeness (QED) is 0.132. The minimum absolute atomic E-state index is 0.109. The summed E-state index contributed by atoms with van der Waals surface area (Å²) in [6.07, 6.45) is 4.84. The number of halogens is 1. The van der Waals surface area contributed by atoms with Gasteiger partial charge >= 0.3 is 11.6 Å². The molecule has 0 saturated carbocycles. The van der Waals surface area contributed by atoms with Gasteiger partial charge in [0, 0.05) is 63.2 Å². The molecule has 0 aliphatic carbocycles. The molecular weight excluding hydrogens is 580 g/mol. The van der Waals surface area contributed by atoms with Gasteiger partial charge in [-0.1, -0.05) is 6.07 Å². The lowest BCUT2D eigenvalue weighted by Gasteiger charge is -2.21. The van der Waals surface area contributed by atoms with Gasteiger partial charge in [-0.3, -0.25) is 0 Å². The van der Waals surface area contributed by atoms with Crippen molar-refractivity contribution in [2.24, 2.45) is 20.5 Å². The molecule has 0 unspecified atom stereocenters. The zero-order valence-corrected chi connectivity index (χ0v) is 25.6. The fraction of sp³-hybridized carbons (Fsp3) is 0.290. The highest BCUT2D eigenvalue weighted by Gasteiger charge is 2.15. The van der Waals surface area contributed by atoms with Gasteiger partial charge in [0.15, 0.2) is 5.69 Å². The highest BCUT2D eigenvalue weighted by molar-refractivity contribution is 9.10. The zero-order valence-electron chi connectivity index (χ0n) is 24.0. The molecule has 2 aromatic heterocycles. The van der Waals surface area contributed by atoms with E-state index in [9.17, 15) is 5.11 Å². The van der Waals surface area contributed by atoms with Gasteiger partial charge in [-0.25, -0.2) is 9.13 Å². The molecule has 1 N–H and O–H groups in total. The molecular formula is C31H37BrN8O+2. The SMILES string of the molecule is CCN(CC)c1ccc(/N=N/c2ccc(Br)c[n+]2CCC[n+]2ccccc2/N=N/c2ccc(N(C)C)cc2)c(O)c1. The summed E-state index contributed by atoms with van der Waals surface area (Å²) in [4.78, 5) is 4.22.